The van der Waals surface area contributed by atoms with Crippen LogP contribution in [0.2, 0.25) is 0 Å². The van der Waals surface area contributed by atoms with Gasteiger partial charge in [-0.25, -0.2) is 12.8 Å². The van der Waals surface area contributed by atoms with E-state index in [1.807, 2.05) is 6.07 Å². The van der Waals surface area contributed by atoms with Gasteiger partial charge < -0.3 is 4.90 Å². The Morgan fingerprint density at radius 3 is 2.41 bits per heavy atom. The molecule has 0 unspecified atom stereocenters. The lowest BCUT2D eigenvalue weighted by molar-refractivity contribution is 0.0697. The van der Waals surface area contributed by atoms with E-state index in [-0.39, 0.29) is 24.6 Å². The van der Waals surface area contributed by atoms with Crippen LogP contribution in [0, 0.1) is 5.82 Å². The predicted molar refractivity (Wildman–Crippen MR) is 99.5 cm³/mol. The molecule has 5 nitrogen and oxygen atoms in total. The van der Waals surface area contributed by atoms with E-state index in [1.54, 1.807) is 23.1 Å². The summed E-state index contributed by atoms with van der Waals surface area (Å²) in [6, 6.07) is 11.0. The van der Waals surface area contributed by atoms with E-state index in [0.29, 0.717) is 18.0 Å². The van der Waals surface area contributed by atoms with Crippen molar-refractivity contribution in [3.63, 3.8) is 0 Å². The molecule has 27 heavy (non-hydrogen) atoms. The molecule has 142 valence electrons. The molecule has 0 bridgehead atoms. The van der Waals surface area contributed by atoms with E-state index in [4.69, 9.17) is 0 Å². The SMILES string of the molecule is O=C(c1cccc(F)c1)N1CCN(S(=O)(=O)c2ccc3c(c2)CCC3)CC1. The molecule has 1 aliphatic carbocycles. The van der Waals surface area contributed by atoms with E-state index >= 15 is 0 Å². The first-order valence-electron chi connectivity index (χ1n) is 9.12. The van der Waals surface area contributed by atoms with Gasteiger partial charge in [0.05, 0.1) is 4.90 Å². The molecule has 1 saturated heterocycles. The highest BCUT2D eigenvalue weighted by atomic mass is 32.2. The summed E-state index contributed by atoms with van der Waals surface area (Å²) in [5.41, 5.74) is 2.64. The third-order valence-corrected chi connectivity index (χ3v) is 7.20. The van der Waals surface area contributed by atoms with Crippen LogP contribution in [-0.4, -0.2) is 49.7 Å². The first kappa shape index (κ1) is 18.1. The van der Waals surface area contributed by atoms with Crippen molar-refractivity contribution in [1.82, 2.24) is 9.21 Å². The lowest BCUT2D eigenvalue weighted by Gasteiger charge is -2.34. The highest BCUT2D eigenvalue weighted by Gasteiger charge is 2.31. The molecule has 1 amide bonds. The lowest BCUT2D eigenvalue weighted by Crippen LogP contribution is -2.50. The summed E-state index contributed by atoms with van der Waals surface area (Å²) in [6.45, 7) is 1.06. The number of sulfonamides is 1. The van der Waals surface area contributed by atoms with Crippen molar-refractivity contribution in [3.05, 3.63) is 65.0 Å². The van der Waals surface area contributed by atoms with Crippen molar-refractivity contribution in [2.24, 2.45) is 0 Å². The van der Waals surface area contributed by atoms with Gasteiger partial charge in [-0.1, -0.05) is 12.1 Å². The van der Waals surface area contributed by atoms with Crippen molar-refractivity contribution >= 4 is 15.9 Å². The zero-order valence-corrected chi connectivity index (χ0v) is 15.7. The fourth-order valence-corrected chi connectivity index (χ4v) is 5.27. The van der Waals surface area contributed by atoms with Gasteiger partial charge in [0.25, 0.3) is 5.91 Å². The molecule has 4 rings (SSSR count). The molecule has 0 spiro atoms. The van der Waals surface area contributed by atoms with Gasteiger partial charge in [0, 0.05) is 31.7 Å². The number of benzene rings is 2. The Morgan fingerprint density at radius 1 is 0.926 bits per heavy atom. The molecule has 0 atom stereocenters. The number of aryl methyl sites for hydroxylation is 2. The van der Waals surface area contributed by atoms with Crippen LogP contribution in [0.5, 0.6) is 0 Å². The van der Waals surface area contributed by atoms with Crippen LogP contribution in [0.1, 0.15) is 27.9 Å². The molecular weight excluding hydrogens is 367 g/mol. The maximum absolute atomic E-state index is 13.3. The fourth-order valence-electron chi connectivity index (χ4n) is 3.79. The maximum atomic E-state index is 13.3. The summed E-state index contributed by atoms with van der Waals surface area (Å²) in [7, 11) is -3.57. The van der Waals surface area contributed by atoms with Gasteiger partial charge in [0.2, 0.25) is 10.0 Å². The summed E-state index contributed by atoms with van der Waals surface area (Å²) in [6.07, 6.45) is 3.00. The second-order valence-electron chi connectivity index (χ2n) is 6.99. The molecule has 2 aromatic carbocycles. The first-order valence-corrected chi connectivity index (χ1v) is 10.6. The molecule has 0 N–H and O–H groups in total. The van der Waals surface area contributed by atoms with Crippen LogP contribution in [0.3, 0.4) is 0 Å². The largest absolute Gasteiger partial charge is 0.336 e. The minimum Gasteiger partial charge on any atom is -0.336 e. The molecule has 1 heterocycles. The van der Waals surface area contributed by atoms with Crippen LogP contribution >= 0.6 is 0 Å². The number of fused-ring (bicyclic) bond motifs is 1. The van der Waals surface area contributed by atoms with Gasteiger partial charge in [0.15, 0.2) is 0 Å². The molecule has 0 radical (unpaired) electrons. The Hall–Kier alpha value is -2.25. The summed E-state index contributed by atoms with van der Waals surface area (Å²) in [4.78, 5) is 14.4. The molecule has 0 aromatic heterocycles. The average Bonchev–Trinajstić information content (AvgIpc) is 3.15. The normalized spacial score (nSPS) is 17.7. The Labute approximate surface area is 158 Å². The number of carbonyl (C=O) groups is 1. The van der Waals surface area contributed by atoms with Crippen molar-refractivity contribution in [3.8, 4) is 0 Å². The van der Waals surface area contributed by atoms with E-state index in [2.05, 4.69) is 0 Å². The standard InChI is InChI=1S/C20H21FN2O3S/c21-18-6-2-5-17(13-18)20(24)22-9-11-23(12-10-22)27(25,26)19-8-7-15-3-1-4-16(15)14-19/h2,5-8,13-14H,1,3-4,9-12H2. The molecule has 2 aromatic rings. The molecule has 1 aliphatic heterocycles. The smallest absolute Gasteiger partial charge is 0.254 e. The summed E-state index contributed by atoms with van der Waals surface area (Å²) < 4.78 is 40.7. The Balaban J connectivity index is 1.46. The monoisotopic (exact) mass is 388 g/mol. The van der Waals surface area contributed by atoms with Crippen molar-refractivity contribution in [1.29, 1.82) is 0 Å². The van der Waals surface area contributed by atoms with E-state index < -0.39 is 15.8 Å². The summed E-state index contributed by atoms with van der Waals surface area (Å²) in [5, 5.41) is 0. The number of hydrogen-bond acceptors (Lipinski definition) is 3. The van der Waals surface area contributed by atoms with Gasteiger partial charge in [-0.2, -0.15) is 4.31 Å². The highest BCUT2D eigenvalue weighted by molar-refractivity contribution is 7.89. The van der Waals surface area contributed by atoms with Crippen LogP contribution in [0.15, 0.2) is 47.4 Å². The van der Waals surface area contributed by atoms with Crippen LogP contribution in [-0.2, 0) is 22.9 Å². The number of nitrogens with zero attached hydrogens (tertiary/aromatic N) is 2. The van der Waals surface area contributed by atoms with Gasteiger partial charge in [-0.15, -0.1) is 0 Å². The highest BCUT2D eigenvalue weighted by Crippen LogP contribution is 2.27. The Kier molecular flexibility index (Phi) is 4.74. The van der Waals surface area contributed by atoms with Crippen LogP contribution in [0.25, 0.3) is 0 Å². The number of amides is 1. The summed E-state index contributed by atoms with van der Waals surface area (Å²) in [5.74, 6) is -0.734. The van der Waals surface area contributed by atoms with Crippen LogP contribution in [0.4, 0.5) is 4.39 Å². The first-order chi connectivity index (χ1) is 12.9. The average molecular weight is 388 g/mol. The van der Waals surface area contributed by atoms with Gasteiger partial charge in [-0.3, -0.25) is 4.79 Å². The molecule has 0 saturated carbocycles. The number of carbonyl (C=O) groups excluding carboxylic acids is 1. The lowest BCUT2D eigenvalue weighted by atomic mass is 10.1. The number of rotatable bonds is 3. The second-order valence-corrected chi connectivity index (χ2v) is 8.93. The molecular formula is C20H21FN2O3S. The molecule has 1 fully saturated rings. The Bertz CT molecular complexity index is 982. The van der Waals surface area contributed by atoms with E-state index in [9.17, 15) is 17.6 Å². The minimum absolute atomic E-state index is 0.237. The zero-order valence-electron chi connectivity index (χ0n) is 14.9. The fraction of sp³-hybridized carbons (Fsp3) is 0.350. The topological polar surface area (TPSA) is 57.7 Å². The van der Waals surface area contributed by atoms with Gasteiger partial charge in [0.1, 0.15) is 5.82 Å². The zero-order chi connectivity index (χ0) is 19.0. The molecule has 2 aliphatic rings. The number of piperazine rings is 1. The van der Waals surface area contributed by atoms with Crippen LogP contribution < -0.4 is 0 Å². The van der Waals surface area contributed by atoms with Crippen molar-refractivity contribution in [2.45, 2.75) is 24.2 Å². The van der Waals surface area contributed by atoms with Crippen molar-refractivity contribution < 1.29 is 17.6 Å². The quantitative estimate of drug-likeness (QED) is 0.812. The van der Waals surface area contributed by atoms with E-state index in [0.717, 1.165) is 24.8 Å². The van der Waals surface area contributed by atoms with Gasteiger partial charge >= 0.3 is 0 Å². The third kappa shape index (κ3) is 3.49. The minimum atomic E-state index is -3.57. The molecule has 7 heteroatoms. The van der Waals surface area contributed by atoms with Crippen molar-refractivity contribution in [2.75, 3.05) is 26.2 Å². The van der Waals surface area contributed by atoms with E-state index in [1.165, 1.54) is 28.1 Å². The second kappa shape index (κ2) is 7.05. The third-order valence-electron chi connectivity index (χ3n) is 5.31. The maximum Gasteiger partial charge on any atom is 0.254 e. The Morgan fingerprint density at radius 2 is 1.67 bits per heavy atom. The van der Waals surface area contributed by atoms with Gasteiger partial charge in [-0.05, 0) is 60.7 Å². The number of hydrogen-bond donors (Lipinski definition) is 0. The predicted octanol–water partition coefficient (Wildman–Crippen LogP) is 2.46. The summed E-state index contributed by atoms with van der Waals surface area (Å²) >= 11 is 0. The number of halogens is 1.